The van der Waals surface area contributed by atoms with Gasteiger partial charge in [0, 0.05) is 6.42 Å². The molecule has 3 nitrogen and oxygen atoms in total. The largest absolute Gasteiger partial charge is 0.460 e. The fourth-order valence-corrected chi connectivity index (χ4v) is 2.75. The van der Waals surface area contributed by atoms with Gasteiger partial charge in [-0.15, -0.1) is 0 Å². The number of esters is 1. The fraction of sp³-hybridized carbons (Fsp3) is 0.864. The van der Waals surface area contributed by atoms with E-state index in [0.717, 1.165) is 38.5 Å². The second-order valence-electron chi connectivity index (χ2n) is 8.10. The number of ether oxygens (including phenoxy) is 1. The molecule has 1 N–H and O–H groups in total. The third-order valence-electron chi connectivity index (χ3n) is 4.14. The SMILES string of the molecule is CCCCCC[C@@H](O)CC=CCCCCCCCC(=O)OC(C)(C)C. The van der Waals surface area contributed by atoms with Crippen molar-refractivity contribution in [2.45, 2.75) is 123 Å². The predicted octanol–water partition coefficient (Wildman–Crippen LogP) is 6.34. The van der Waals surface area contributed by atoms with Gasteiger partial charge in [0.1, 0.15) is 5.60 Å². The second-order valence-corrected chi connectivity index (χ2v) is 8.10. The number of carbonyl (C=O) groups excluding carboxylic acids is 1. The van der Waals surface area contributed by atoms with Crippen molar-refractivity contribution in [2.24, 2.45) is 0 Å². The molecule has 0 radical (unpaired) electrons. The maximum atomic E-state index is 11.6. The van der Waals surface area contributed by atoms with Crippen LogP contribution in [0.2, 0.25) is 0 Å². The van der Waals surface area contributed by atoms with E-state index in [2.05, 4.69) is 19.1 Å². The molecule has 0 rings (SSSR count). The van der Waals surface area contributed by atoms with Crippen LogP contribution >= 0.6 is 0 Å². The van der Waals surface area contributed by atoms with Crippen LogP contribution in [0.4, 0.5) is 0 Å². The first kappa shape index (κ1) is 24.2. The summed E-state index contributed by atoms with van der Waals surface area (Å²) in [5.41, 5.74) is -0.369. The molecule has 3 heteroatoms. The molecule has 0 aliphatic rings. The summed E-state index contributed by atoms with van der Waals surface area (Å²) in [6, 6.07) is 0. The molecule has 0 amide bonds. The topological polar surface area (TPSA) is 46.5 Å². The first-order valence-electron chi connectivity index (χ1n) is 10.4. The Kier molecular flexibility index (Phi) is 14.9. The summed E-state index contributed by atoms with van der Waals surface area (Å²) < 4.78 is 5.30. The number of unbranched alkanes of at least 4 members (excludes halogenated alkanes) is 8. The molecular weight excluding hydrogens is 312 g/mol. The zero-order valence-electron chi connectivity index (χ0n) is 17.2. The Morgan fingerprint density at radius 3 is 2.28 bits per heavy atom. The van der Waals surface area contributed by atoms with Crippen molar-refractivity contribution in [1.82, 2.24) is 0 Å². The van der Waals surface area contributed by atoms with E-state index in [9.17, 15) is 9.90 Å². The van der Waals surface area contributed by atoms with E-state index >= 15 is 0 Å². The molecule has 0 aliphatic carbocycles. The minimum Gasteiger partial charge on any atom is -0.460 e. The van der Waals surface area contributed by atoms with Gasteiger partial charge in [-0.3, -0.25) is 4.79 Å². The smallest absolute Gasteiger partial charge is 0.306 e. The van der Waals surface area contributed by atoms with Crippen LogP contribution in [-0.4, -0.2) is 22.8 Å². The van der Waals surface area contributed by atoms with E-state index in [1.54, 1.807) is 0 Å². The van der Waals surface area contributed by atoms with Gasteiger partial charge in [0.25, 0.3) is 0 Å². The lowest BCUT2D eigenvalue weighted by atomic mass is 10.1. The molecule has 0 aromatic carbocycles. The number of carbonyl (C=O) groups is 1. The molecule has 0 aromatic heterocycles. The highest BCUT2D eigenvalue weighted by molar-refractivity contribution is 5.69. The van der Waals surface area contributed by atoms with E-state index in [-0.39, 0.29) is 17.7 Å². The molecule has 0 aromatic rings. The Morgan fingerprint density at radius 2 is 1.60 bits per heavy atom. The first-order valence-corrected chi connectivity index (χ1v) is 10.4. The lowest BCUT2D eigenvalue weighted by Crippen LogP contribution is -2.23. The van der Waals surface area contributed by atoms with Crippen LogP contribution in [0.15, 0.2) is 12.2 Å². The lowest BCUT2D eigenvalue weighted by Gasteiger charge is -2.19. The molecule has 0 bridgehead atoms. The first-order chi connectivity index (χ1) is 11.8. The molecule has 0 aliphatic heterocycles. The van der Waals surface area contributed by atoms with Crippen molar-refractivity contribution in [2.75, 3.05) is 0 Å². The van der Waals surface area contributed by atoms with Gasteiger partial charge in [0.05, 0.1) is 6.10 Å². The quantitative estimate of drug-likeness (QED) is 0.212. The summed E-state index contributed by atoms with van der Waals surface area (Å²) in [6.45, 7) is 7.93. The van der Waals surface area contributed by atoms with Gasteiger partial charge < -0.3 is 9.84 Å². The monoisotopic (exact) mass is 354 g/mol. The summed E-state index contributed by atoms with van der Waals surface area (Å²) in [5.74, 6) is -0.0799. The van der Waals surface area contributed by atoms with Crippen molar-refractivity contribution in [3.05, 3.63) is 12.2 Å². The third-order valence-corrected chi connectivity index (χ3v) is 4.14. The van der Waals surface area contributed by atoms with Crippen molar-refractivity contribution in [1.29, 1.82) is 0 Å². The Labute approximate surface area is 156 Å². The van der Waals surface area contributed by atoms with Crippen LogP contribution in [0, 0.1) is 0 Å². The van der Waals surface area contributed by atoms with E-state index in [1.807, 2.05) is 20.8 Å². The van der Waals surface area contributed by atoms with Gasteiger partial charge in [-0.05, 0) is 52.9 Å². The Balaban J connectivity index is 3.39. The standard InChI is InChI=1S/C22H42O3/c1-5-6-7-14-17-20(23)18-15-12-10-8-9-11-13-16-19-21(24)25-22(2,3)4/h12,15,20,23H,5-11,13-14,16-19H2,1-4H3/t20-/m1/s1. The van der Waals surface area contributed by atoms with Crippen LogP contribution in [0.5, 0.6) is 0 Å². The lowest BCUT2D eigenvalue weighted by molar-refractivity contribution is -0.154. The number of aliphatic hydroxyl groups excluding tert-OH is 1. The average Bonchev–Trinajstić information content (AvgIpc) is 2.51. The van der Waals surface area contributed by atoms with E-state index < -0.39 is 0 Å². The Hall–Kier alpha value is -0.830. The second kappa shape index (κ2) is 15.4. The van der Waals surface area contributed by atoms with Crippen molar-refractivity contribution in [3.63, 3.8) is 0 Å². The highest BCUT2D eigenvalue weighted by Crippen LogP contribution is 2.13. The Morgan fingerprint density at radius 1 is 0.960 bits per heavy atom. The minimum absolute atomic E-state index is 0.0799. The van der Waals surface area contributed by atoms with Crippen LogP contribution in [0.3, 0.4) is 0 Å². The molecule has 0 heterocycles. The van der Waals surface area contributed by atoms with E-state index in [4.69, 9.17) is 4.74 Å². The maximum absolute atomic E-state index is 11.6. The minimum atomic E-state index is -0.369. The molecule has 25 heavy (non-hydrogen) atoms. The van der Waals surface area contributed by atoms with Crippen LogP contribution in [-0.2, 0) is 9.53 Å². The Bertz CT molecular complexity index is 342. The number of allylic oxidation sites excluding steroid dienone is 1. The van der Waals surface area contributed by atoms with Crippen LogP contribution in [0.1, 0.15) is 111 Å². The summed E-state index contributed by atoms with van der Waals surface area (Å²) >= 11 is 0. The van der Waals surface area contributed by atoms with Gasteiger partial charge in [-0.25, -0.2) is 0 Å². The van der Waals surface area contributed by atoms with Gasteiger partial charge in [-0.2, -0.15) is 0 Å². The van der Waals surface area contributed by atoms with Gasteiger partial charge in [0.15, 0.2) is 0 Å². The van der Waals surface area contributed by atoms with E-state index in [1.165, 1.54) is 38.5 Å². The van der Waals surface area contributed by atoms with Gasteiger partial charge in [-0.1, -0.05) is 64.0 Å². The normalized spacial score (nSPS) is 13.3. The van der Waals surface area contributed by atoms with Crippen molar-refractivity contribution < 1.29 is 14.6 Å². The fourth-order valence-electron chi connectivity index (χ4n) is 2.75. The van der Waals surface area contributed by atoms with Crippen LogP contribution < -0.4 is 0 Å². The average molecular weight is 355 g/mol. The zero-order valence-corrected chi connectivity index (χ0v) is 17.2. The molecular formula is C22H42O3. The molecule has 0 unspecified atom stereocenters. The van der Waals surface area contributed by atoms with Gasteiger partial charge >= 0.3 is 5.97 Å². The molecule has 148 valence electrons. The van der Waals surface area contributed by atoms with Crippen LogP contribution in [0.25, 0.3) is 0 Å². The number of rotatable bonds is 15. The summed E-state index contributed by atoms with van der Waals surface area (Å²) in [7, 11) is 0. The zero-order chi connectivity index (χ0) is 19.0. The van der Waals surface area contributed by atoms with Crippen molar-refractivity contribution in [3.8, 4) is 0 Å². The third kappa shape index (κ3) is 19.3. The highest BCUT2D eigenvalue weighted by Gasteiger charge is 2.15. The summed E-state index contributed by atoms with van der Waals surface area (Å²) in [4.78, 5) is 11.6. The van der Waals surface area contributed by atoms with Crippen molar-refractivity contribution >= 4 is 5.97 Å². The number of hydrogen-bond acceptors (Lipinski definition) is 3. The molecule has 0 saturated carbocycles. The summed E-state index contributed by atoms with van der Waals surface area (Å²) in [6.07, 6.45) is 18.0. The van der Waals surface area contributed by atoms with E-state index in [0.29, 0.717) is 6.42 Å². The highest BCUT2D eigenvalue weighted by atomic mass is 16.6. The predicted molar refractivity (Wildman–Crippen MR) is 107 cm³/mol. The maximum Gasteiger partial charge on any atom is 0.306 e. The number of hydrogen-bond donors (Lipinski definition) is 1. The number of aliphatic hydroxyl groups is 1. The molecule has 0 saturated heterocycles. The molecule has 0 spiro atoms. The summed E-state index contributed by atoms with van der Waals surface area (Å²) in [5, 5.41) is 9.87. The van der Waals surface area contributed by atoms with Gasteiger partial charge in [0.2, 0.25) is 0 Å². The molecule has 1 atom stereocenters. The molecule has 0 fully saturated rings.